The Morgan fingerprint density at radius 2 is 1.80 bits per heavy atom. The average Bonchev–Trinajstić information content (AvgIpc) is 3.40. The van der Waals surface area contributed by atoms with Gasteiger partial charge >= 0.3 is 0 Å². The highest BCUT2D eigenvalue weighted by Crippen LogP contribution is 2.35. The molecule has 0 bridgehead atoms. The van der Waals surface area contributed by atoms with Gasteiger partial charge in [0.25, 0.3) is 0 Å². The predicted molar refractivity (Wildman–Crippen MR) is 114 cm³/mol. The molecule has 0 saturated carbocycles. The number of para-hydroxylation sites is 1. The Balaban J connectivity index is 1.52. The molecule has 148 valence electrons. The van der Waals surface area contributed by atoms with Gasteiger partial charge in [0.2, 0.25) is 0 Å². The molecule has 1 aliphatic heterocycles. The molecule has 1 aliphatic rings. The minimum atomic E-state index is 0.239. The zero-order chi connectivity index (χ0) is 20.5. The molecule has 0 radical (unpaired) electrons. The molecular weight excluding hydrogens is 376 g/mol. The molecule has 2 aromatic heterocycles. The van der Waals surface area contributed by atoms with Crippen LogP contribution in [0.1, 0.15) is 17.9 Å². The predicted octanol–water partition coefficient (Wildman–Crippen LogP) is 4.07. The van der Waals surface area contributed by atoms with Crippen LogP contribution in [-0.4, -0.2) is 32.5 Å². The van der Waals surface area contributed by atoms with Crippen LogP contribution in [0.2, 0.25) is 0 Å². The first-order chi connectivity index (χ1) is 14.7. The summed E-state index contributed by atoms with van der Waals surface area (Å²) < 4.78 is 7.93. The molecule has 0 aliphatic carbocycles. The highest BCUT2D eigenvalue weighted by atomic mass is 16.5. The van der Waals surface area contributed by atoms with Gasteiger partial charge < -0.3 is 19.9 Å². The van der Waals surface area contributed by atoms with Gasteiger partial charge in [-0.1, -0.05) is 18.2 Å². The highest BCUT2D eigenvalue weighted by Gasteiger charge is 2.27. The molecule has 1 saturated heterocycles. The summed E-state index contributed by atoms with van der Waals surface area (Å²) in [5.41, 5.74) is 9.91. The number of hydrogen-bond acceptors (Lipinski definition) is 6. The molecule has 30 heavy (non-hydrogen) atoms. The normalized spacial score (nSPS) is 16.0. The van der Waals surface area contributed by atoms with E-state index in [1.165, 1.54) is 6.33 Å². The van der Waals surface area contributed by atoms with E-state index >= 15 is 0 Å². The van der Waals surface area contributed by atoms with Crippen LogP contribution in [0.3, 0.4) is 0 Å². The number of ether oxygens (including phenoxy) is 1. The first kappa shape index (κ1) is 18.0. The lowest BCUT2D eigenvalue weighted by atomic mass is 10.0. The smallest absolute Gasteiger partial charge is 0.179 e. The van der Waals surface area contributed by atoms with Crippen molar-refractivity contribution >= 4 is 16.9 Å². The van der Waals surface area contributed by atoms with Crippen molar-refractivity contribution in [3.8, 4) is 23.4 Å². The van der Waals surface area contributed by atoms with Crippen molar-refractivity contribution in [1.82, 2.24) is 19.4 Å². The molecule has 7 nitrogen and oxygen atoms in total. The molecule has 4 aromatic rings. The summed E-state index contributed by atoms with van der Waals surface area (Å²) in [7, 11) is 0. The Morgan fingerprint density at radius 3 is 2.53 bits per heavy atom. The van der Waals surface area contributed by atoms with E-state index in [4.69, 9.17) is 10.5 Å². The molecule has 1 unspecified atom stereocenters. The molecule has 0 spiro atoms. The molecule has 2 aromatic carbocycles. The van der Waals surface area contributed by atoms with Crippen LogP contribution in [0.4, 0.5) is 5.82 Å². The van der Waals surface area contributed by atoms with E-state index in [9.17, 15) is 5.26 Å². The number of likely N-dealkylation sites (tertiary alicyclic amines) is 1. The largest absolute Gasteiger partial charge is 0.457 e. The van der Waals surface area contributed by atoms with Gasteiger partial charge in [-0.05, 0) is 42.8 Å². The number of aromatic nitrogens is 3. The van der Waals surface area contributed by atoms with Crippen LogP contribution >= 0.6 is 0 Å². The van der Waals surface area contributed by atoms with Gasteiger partial charge in [0.1, 0.15) is 23.3 Å². The fourth-order valence-electron chi connectivity index (χ4n) is 4.01. The van der Waals surface area contributed by atoms with E-state index in [2.05, 4.69) is 22.4 Å². The summed E-state index contributed by atoms with van der Waals surface area (Å²) in [6, 6.07) is 17.5. The second-order valence-corrected chi connectivity index (χ2v) is 7.35. The third-order valence-corrected chi connectivity index (χ3v) is 5.50. The number of nitrogen functional groups attached to an aromatic ring is 1. The minimum Gasteiger partial charge on any atom is -0.457 e. The van der Waals surface area contributed by atoms with Crippen molar-refractivity contribution in [3.63, 3.8) is 0 Å². The Labute approximate surface area is 174 Å². The van der Waals surface area contributed by atoms with Gasteiger partial charge in [-0.3, -0.25) is 0 Å². The van der Waals surface area contributed by atoms with Crippen molar-refractivity contribution in [3.05, 3.63) is 72.7 Å². The van der Waals surface area contributed by atoms with Crippen LogP contribution < -0.4 is 10.5 Å². The summed E-state index contributed by atoms with van der Waals surface area (Å²) >= 11 is 0. The van der Waals surface area contributed by atoms with Gasteiger partial charge in [-0.15, -0.1) is 0 Å². The average molecular weight is 396 g/mol. The zero-order valence-electron chi connectivity index (χ0n) is 16.3. The Hall–Kier alpha value is -4.05. The van der Waals surface area contributed by atoms with E-state index < -0.39 is 0 Å². The van der Waals surface area contributed by atoms with Crippen molar-refractivity contribution < 1.29 is 4.74 Å². The van der Waals surface area contributed by atoms with Crippen LogP contribution in [-0.2, 0) is 0 Å². The Morgan fingerprint density at radius 1 is 1.03 bits per heavy atom. The molecular formula is C23H20N6O. The molecule has 1 fully saturated rings. The van der Waals surface area contributed by atoms with Crippen molar-refractivity contribution in [2.24, 2.45) is 0 Å². The van der Waals surface area contributed by atoms with E-state index in [0.717, 1.165) is 46.7 Å². The third-order valence-electron chi connectivity index (χ3n) is 5.50. The maximum Gasteiger partial charge on any atom is 0.179 e. The third kappa shape index (κ3) is 3.18. The van der Waals surface area contributed by atoms with Crippen LogP contribution in [0.25, 0.3) is 16.7 Å². The van der Waals surface area contributed by atoms with Gasteiger partial charge in [-0.2, -0.15) is 5.26 Å². The lowest BCUT2D eigenvalue weighted by Gasteiger charge is -2.09. The molecule has 2 N–H and O–H groups in total. The van der Waals surface area contributed by atoms with Crippen LogP contribution in [0, 0.1) is 11.5 Å². The fraction of sp³-hybridized carbons (Fsp3) is 0.174. The first-order valence-corrected chi connectivity index (χ1v) is 9.82. The quantitative estimate of drug-likeness (QED) is 0.523. The lowest BCUT2D eigenvalue weighted by molar-refractivity contribution is 0.479. The maximum absolute atomic E-state index is 9.22. The molecule has 7 heteroatoms. The van der Waals surface area contributed by atoms with Crippen LogP contribution in [0.15, 0.2) is 67.1 Å². The van der Waals surface area contributed by atoms with Gasteiger partial charge in [0, 0.05) is 36.5 Å². The lowest BCUT2D eigenvalue weighted by Crippen LogP contribution is -2.12. The monoisotopic (exact) mass is 396 g/mol. The first-order valence-electron chi connectivity index (χ1n) is 9.82. The molecule has 3 heterocycles. The second kappa shape index (κ2) is 7.41. The molecule has 1 atom stereocenters. The number of rotatable bonds is 4. The van der Waals surface area contributed by atoms with E-state index in [1.54, 1.807) is 4.90 Å². The zero-order valence-corrected chi connectivity index (χ0v) is 16.3. The number of nitriles is 1. The highest BCUT2D eigenvalue weighted by molar-refractivity contribution is 5.90. The summed E-state index contributed by atoms with van der Waals surface area (Å²) in [5.74, 6) is 2.22. The van der Waals surface area contributed by atoms with Crippen LogP contribution in [0.5, 0.6) is 11.5 Å². The second-order valence-electron chi connectivity index (χ2n) is 7.35. The van der Waals surface area contributed by atoms with Gasteiger partial charge in [-0.25, -0.2) is 9.97 Å². The van der Waals surface area contributed by atoms with E-state index in [0.29, 0.717) is 12.4 Å². The number of nitrogens with two attached hydrogens (primary N) is 1. The summed E-state index contributed by atoms with van der Waals surface area (Å²) in [5, 5.41) is 9.22. The SMILES string of the molecule is N#CN1CCC(c2cn(-c3ccc(Oc4ccccc4)cc3)c3c(N)ncnc23)C1. The maximum atomic E-state index is 9.22. The number of hydrogen-bond donors (Lipinski definition) is 1. The van der Waals surface area contributed by atoms with Crippen molar-refractivity contribution in [2.45, 2.75) is 12.3 Å². The van der Waals surface area contributed by atoms with Crippen molar-refractivity contribution in [1.29, 1.82) is 5.26 Å². The fourth-order valence-corrected chi connectivity index (χ4v) is 4.01. The van der Waals surface area contributed by atoms with E-state index in [1.807, 2.05) is 59.2 Å². The summed E-state index contributed by atoms with van der Waals surface area (Å²) in [4.78, 5) is 10.5. The minimum absolute atomic E-state index is 0.239. The Kier molecular flexibility index (Phi) is 4.45. The molecule has 5 rings (SSSR count). The van der Waals surface area contributed by atoms with E-state index in [-0.39, 0.29) is 5.92 Å². The Bertz CT molecular complexity index is 1230. The summed E-state index contributed by atoms with van der Waals surface area (Å²) in [6.07, 6.45) is 6.74. The van der Waals surface area contributed by atoms with Gasteiger partial charge in [0.15, 0.2) is 12.0 Å². The number of fused-ring (bicyclic) bond motifs is 1. The number of anilines is 1. The van der Waals surface area contributed by atoms with Crippen molar-refractivity contribution in [2.75, 3.05) is 18.8 Å². The number of benzene rings is 2. The topological polar surface area (TPSA) is 93.0 Å². The summed E-state index contributed by atoms with van der Waals surface area (Å²) in [6.45, 7) is 1.46. The standard InChI is InChI=1S/C23H20N6O/c24-14-28-11-10-16(12-28)20-13-29(22-21(20)26-15-27-23(22)25)17-6-8-19(9-7-17)30-18-4-2-1-3-5-18/h1-9,13,15-16H,10-12H2,(H2,25,26,27). The van der Waals surface area contributed by atoms with Gasteiger partial charge in [0.05, 0.1) is 5.52 Å². The molecule has 0 amide bonds. The number of nitrogens with zero attached hydrogens (tertiary/aromatic N) is 5.